The minimum Gasteiger partial charge on any atom is -0.379 e. The number of ether oxygens (including phenoxy) is 1. The van der Waals surface area contributed by atoms with Crippen LogP contribution >= 0.6 is 15.9 Å². The summed E-state index contributed by atoms with van der Waals surface area (Å²) in [4.78, 5) is 6.79. The van der Waals surface area contributed by atoms with Crippen molar-refractivity contribution in [2.24, 2.45) is 0 Å². The summed E-state index contributed by atoms with van der Waals surface area (Å²) in [5.74, 6) is 0. The van der Waals surface area contributed by atoms with Crippen LogP contribution in [0.3, 0.4) is 0 Å². The van der Waals surface area contributed by atoms with Gasteiger partial charge in [0.1, 0.15) is 0 Å². The molecule has 0 N–H and O–H groups in total. The van der Waals surface area contributed by atoms with Crippen LogP contribution in [0.4, 0.5) is 5.69 Å². The number of aryl methyl sites for hydroxylation is 1. The van der Waals surface area contributed by atoms with Crippen LogP contribution in [0.15, 0.2) is 30.3 Å². The van der Waals surface area contributed by atoms with Crippen molar-refractivity contribution in [3.63, 3.8) is 0 Å². The summed E-state index contributed by atoms with van der Waals surface area (Å²) < 4.78 is 5.51. The zero-order chi connectivity index (χ0) is 13.7. The number of pyridine rings is 1. The Kier molecular flexibility index (Phi) is 5.16. The number of hydrogen-bond acceptors (Lipinski definition) is 3. The Morgan fingerprint density at radius 2 is 2.05 bits per heavy atom. The number of para-hydroxylation sites is 1. The van der Waals surface area contributed by atoms with Crippen LogP contribution in [0.5, 0.6) is 0 Å². The molecule has 0 atom stereocenters. The second-order valence-electron chi connectivity index (χ2n) is 4.52. The minimum absolute atomic E-state index is 0.734. The van der Waals surface area contributed by atoms with Gasteiger partial charge in [-0.1, -0.05) is 34.1 Å². The van der Waals surface area contributed by atoms with Crippen molar-refractivity contribution in [2.45, 2.75) is 6.92 Å². The fourth-order valence-electron chi connectivity index (χ4n) is 2.08. The lowest BCUT2D eigenvalue weighted by atomic mass is 10.1. The Morgan fingerprint density at radius 1 is 1.26 bits per heavy atom. The van der Waals surface area contributed by atoms with Crippen LogP contribution < -0.4 is 4.90 Å². The number of alkyl halides is 1. The summed E-state index contributed by atoms with van der Waals surface area (Å²) >= 11 is 3.36. The lowest BCUT2D eigenvalue weighted by Gasteiger charge is -2.21. The van der Waals surface area contributed by atoms with E-state index in [1.54, 1.807) is 0 Å². The molecule has 0 spiro atoms. The molecule has 0 unspecified atom stereocenters. The fraction of sp³-hybridized carbons (Fsp3) is 0.400. The van der Waals surface area contributed by atoms with Gasteiger partial charge in [0, 0.05) is 35.7 Å². The summed E-state index contributed by atoms with van der Waals surface area (Å²) in [5.41, 5.74) is 3.30. The van der Waals surface area contributed by atoms with E-state index in [9.17, 15) is 0 Å². The second-order valence-corrected chi connectivity index (χ2v) is 5.32. The third-order valence-electron chi connectivity index (χ3n) is 3.03. The number of rotatable bonds is 6. The number of fused-ring (bicyclic) bond motifs is 1. The highest BCUT2D eigenvalue weighted by atomic mass is 79.9. The topological polar surface area (TPSA) is 25.4 Å². The third-order valence-corrected chi connectivity index (χ3v) is 3.35. The monoisotopic (exact) mass is 322 g/mol. The van der Waals surface area contributed by atoms with Crippen molar-refractivity contribution in [3.8, 4) is 0 Å². The SMILES string of the molecule is Cc1cc(N(C)CCOCCBr)c2ccccc2n1. The predicted molar refractivity (Wildman–Crippen MR) is 84.4 cm³/mol. The van der Waals surface area contributed by atoms with E-state index in [1.165, 1.54) is 11.1 Å². The maximum atomic E-state index is 5.51. The van der Waals surface area contributed by atoms with E-state index >= 15 is 0 Å². The molecule has 0 amide bonds. The Labute approximate surface area is 122 Å². The number of aromatic nitrogens is 1. The van der Waals surface area contributed by atoms with E-state index in [0.717, 1.165) is 36.3 Å². The molecule has 1 aromatic carbocycles. The summed E-state index contributed by atoms with van der Waals surface area (Å²) in [7, 11) is 2.10. The number of hydrogen-bond donors (Lipinski definition) is 0. The molecular weight excluding hydrogens is 304 g/mol. The molecule has 102 valence electrons. The van der Waals surface area contributed by atoms with Gasteiger partial charge in [-0.15, -0.1) is 0 Å². The quantitative estimate of drug-likeness (QED) is 0.602. The van der Waals surface area contributed by atoms with E-state index in [4.69, 9.17) is 4.74 Å². The van der Waals surface area contributed by atoms with Crippen molar-refractivity contribution < 1.29 is 4.74 Å². The van der Waals surface area contributed by atoms with Crippen LogP contribution in [0.2, 0.25) is 0 Å². The van der Waals surface area contributed by atoms with Gasteiger partial charge >= 0.3 is 0 Å². The van der Waals surface area contributed by atoms with Gasteiger partial charge in [0.2, 0.25) is 0 Å². The van der Waals surface area contributed by atoms with Gasteiger partial charge < -0.3 is 9.64 Å². The van der Waals surface area contributed by atoms with E-state index in [0.29, 0.717) is 0 Å². The second kappa shape index (κ2) is 6.87. The molecule has 19 heavy (non-hydrogen) atoms. The summed E-state index contributed by atoms with van der Waals surface area (Å²) in [6.45, 7) is 4.40. The zero-order valence-electron chi connectivity index (χ0n) is 11.4. The minimum atomic E-state index is 0.734. The van der Waals surface area contributed by atoms with Crippen molar-refractivity contribution in [1.82, 2.24) is 4.98 Å². The number of halogens is 1. The van der Waals surface area contributed by atoms with Crippen molar-refractivity contribution in [3.05, 3.63) is 36.0 Å². The molecule has 0 fully saturated rings. The molecule has 2 rings (SSSR count). The standard InChI is InChI=1S/C15H19BrN2O/c1-12-11-15(18(2)8-10-19-9-7-16)13-5-3-4-6-14(13)17-12/h3-6,11H,7-10H2,1-2H3. The fourth-order valence-corrected chi connectivity index (χ4v) is 2.31. The molecule has 1 aromatic heterocycles. The van der Waals surface area contributed by atoms with Gasteiger partial charge in [-0.2, -0.15) is 0 Å². The van der Waals surface area contributed by atoms with Crippen molar-refractivity contribution in [2.75, 3.05) is 37.0 Å². The van der Waals surface area contributed by atoms with Crippen LogP contribution in [-0.4, -0.2) is 37.1 Å². The first-order valence-electron chi connectivity index (χ1n) is 6.43. The maximum Gasteiger partial charge on any atom is 0.0726 e. The number of anilines is 1. The van der Waals surface area contributed by atoms with Crippen LogP contribution in [0, 0.1) is 6.92 Å². The van der Waals surface area contributed by atoms with Crippen molar-refractivity contribution in [1.29, 1.82) is 0 Å². The predicted octanol–water partition coefficient (Wildman–Crippen LogP) is 3.39. The molecule has 3 nitrogen and oxygen atoms in total. The number of nitrogens with zero attached hydrogens (tertiary/aromatic N) is 2. The molecule has 0 saturated carbocycles. The van der Waals surface area contributed by atoms with Gasteiger partial charge in [0.15, 0.2) is 0 Å². The lowest BCUT2D eigenvalue weighted by Crippen LogP contribution is -2.23. The Balaban J connectivity index is 2.18. The lowest BCUT2D eigenvalue weighted by molar-refractivity contribution is 0.158. The van der Waals surface area contributed by atoms with Gasteiger partial charge in [-0.05, 0) is 19.1 Å². The average Bonchev–Trinajstić information content (AvgIpc) is 2.42. The Bertz CT molecular complexity index is 545. The highest BCUT2D eigenvalue weighted by Gasteiger charge is 2.07. The van der Waals surface area contributed by atoms with Gasteiger partial charge in [0.25, 0.3) is 0 Å². The highest BCUT2D eigenvalue weighted by Crippen LogP contribution is 2.25. The molecule has 0 saturated heterocycles. The highest BCUT2D eigenvalue weighted by molar-refractivity contribution is 9.09. The van der Waals surface area contributed by atoms with Crippen molar-refractivity contribution >= 4 is 32.5 Å². The maximum absolute atomic E-state index is 5.51. The van der Waals surface area contributed by atoms with Crippen LogP contribution in [0.1, 0.15) is 5.69 Å². The largest absolute Gasteiger partial charge is 0.379 e. The van der Waals surface area contributed by atoms with Crippen LogP contribution in [0.25, 0.3) is 10.9 Å². The van der Waals surface area contributed by atoms with Gasteiger partial charge in [-0.25, -0.2) is 0 Å². The molecule has 0 aliphatic rings. The van der Waals surface area contributed by atoms with Crippen LogP contribution in [-0.2, 0) is 4.74 Å². The smallest absolute Gasteiger partial charge is 0.0726 e. The summed E-state index contributed by atoms with van der Waals surface area (Å²) in [6, 6.07) is 10.4. The number of likely N-dealkylation sites (N-methyl/N-ethyl adjacent to an activating group) is 1. The molecule has 0 bridgehead atoms. The van der Waals surface area contributed by atoms with E-state index in [1.807, 2.05) is 13.0 Å². The summed E-state index contributed by atoms with van der Waals surface area (Å²) in [6.07, 6.45) is 0. The molecule has 4 heteroatoms. The summed E-state index contributed by atoms with van der Waals surface area (Å²) in [5, 5.41) is 2.07. The molecule has 0 radical (unpaired) electrons. The first-order valence-corrected chi connectivity index (χ1v) is 7.56. The molecule has 0 aliphatic heterocycles. The van der Waals surface area contributed by atoms with Gasteiger partial charge in [0.05, 0.1) is 18.7 Å². The van der Waals surface area contributed by atoms with E-state index < -0.39 is 0 Å². The average molecular weight is 323 g/mol. The third kappa shape index (κ3) is 3.67. The number of benzene rings is 1. The zero-order valence-corrected chi connectivity index (χ0v) is 13.0. The molecule has 0 aliphatic carbocycles. The first-order chi connectivity index (χ1) is 9.22. The van der Waals surface area contributed by atoms with E-state index in [2.05, 4.69) is 57.1 Å². The Hall–Kier alpha value is -1.13. The molecule has 1 heterocycles. The normalized spacial score (nSPS) is 10.9. The van der Waals surface area contributed by atoms with E-state index in [-0.39, 0.29) is 0 Å². The first kappa shape index (κ1) is 14.3. The molecule has 2 aromatic rings. The molecular formula is C15H19BrN2O. The Morgan fingerprint density at radius 3 is 2.84 bits per heavy atom. The van der Waals surface area contributed by atoms with Gasteiger partial charge in [-0.3, -0.25) is 4.98 Å².